The number of thiazole rings is 1. The van der Waals surface area contributed by atoms with E-state index in [4.69, 9.17) is 0 Å². The van der Waals surface area contributed by atoms with Gasteiger partial charge in [-0.1, -0.05) is 18.9 Å². The van der Waals surface area contributed by atoms with Crippen molar-refractivity contribution in [2.45, 2.75) is 78.1 Å². The number of fused-ring (bicyclic) bond motifs is 1. The summed E-state index contributed by atoms with van der Waals surface area (Å²) in [6.45, 7) is 6.92. The summed E-state index contributed by atoms with van der Waals surface area (Å²) in [6, 6.07) is 10.2. The maximum atomic E-state index is 13.6. The molecule has 3 aromatic rings. The number of hydrogen-bond acceptors (Lipinski definition) is 5. The van der Waals surface area contributed by atoms with Gasteiger partial charge in [0.05, 0.1) is 17.2 Å². The Hall–Kier alpha value is -3.05. The lowest BCUT2D eigenvalue weighted by Gasteiger charge is -2.31. The van der Waals surface area contributed by atoms with Gasteiger partial charge in [0.1, 0.15) is 0 Å². The van der Waals surface area contributed by atoms with Crippen molar-refractivity contribution in [3.63, 3.8) is 0 Å². The maximum absolute atomic E-state index is 13.6. The van der Waals surface area contributed by atoms with Crippen LogP contribution in [-0.2, 0) is 32.1 Å². The predicted octanol–water partition coefficient (Wildman–Crippen LogP) is 8.05. The Morgan fingerprint density at radius 3 is 2.38 bits per heavy atom. The predicted molar refractivity (Wildman–Crippen MR) is 151 cm³/mol. The molecule has 0 unspecified atom stereocenters. The number of alkyl halides is 3. The van der Waals surface area contributed by atoms with Gasteiger partial charge in [-0.3, -0.25) is 0 Å². The molecule has 2 aliphatic rings. The van der Waals surface area contributed by atoms with Crippen LogP contribution < -0.4 is 9.80 Å². The van der Waals surface area contributed by atoms with E-state index < -0.39 is 11.7 Å². The van der Waals surface area contributed by atoms with Crippen LogP contribution in [0.1, 0.15) is 77.3 Å². The second-order valence-electron chi connectivity index (χ2n) is 10.9. The number of anilines is 2. The van der Waals surface area contributed by atoms with Crippen LogP contribution in [0.2, 0.25) is 0 Å². The minimum absolute atomic E-state index is 0.0158. The van der Waals surface area contributed by atoms with Gasteiger partial charge in [0.15, 0.2) is 5.13 Å². The number of aromatic nitrogens is 1. The van der Waals surface area contributed by atoms with E-state index in [2.05, 4.69) is 33.8 Å². The van der Waals surface area contributed by atoms with Crippen LogP contribution in [0.5, 0.6) is 0 Å². The lowest BCUT2D eigenvalue weighted by molar-refractivity contribution is -0.137. The highest BCUT2D eigenvalue weighted by molar-refractivity contribution is 7.15. The van der Waals surface area contributed by atoms with E-state index in [9.17, 15) is 18.4 Å². The summed E-state index contributed by atoms with van der Waals surface area (Å²) in [5.74, 6) is 0.707. The van der Waals surface area contributed by atoms with E-state index in [-0.39, 0.29) is 12.1 Å². The van der Waals surface area contributed by atoms with Crippen LogP contribution >= 0.6 is 11.3 Å². The molecule has 0 bridgehead atoms. The molecule has 0 amide bonds. The lowest BCUT2D eigenvalue weighted by Crippen LogP contribution is -2.31. The van der Waals surface area contributed by atoms with Crippen LogP contribution in [0, 0.1) is 24.2 Å². The molecule has 0 radical (unpaired) electrons. The molecule has 5 rings (SSSR count). The summed E-state index contributed by atoms with van der Waals surface area (Å²) >= 11 is 1.54. The number of rotatable bonds is 9. The molecular formula is C31H35F3N4S. The zero-order valence-corrected chi connectivity index (χ0v) is 23.5. The van der Waals surface area contributed by atoms with Crippen LogP contribution in [0.25, 0.3) is 0 Å². The monoisotopic (exact) mass is 552 g/mol. The van der Waals surface area contributed by atoms with E-state index >= 15 is 0 Å². The van der Waals surface area contributed by atoms with Gasteiger partial charge in [-0.2, -0.15) is 18.4 Å². The van der Waals surface area contributed by atoms with Gasteiger partial charge in [0.2, 0.25) is 0 Å². The molecule has 1 fully saturated rings. The molecule has 8 heteroatoms. The van der Waals surface area contributed by atoms with Crippen molar-refractivity contribution in [1.82, 2.24) is 4.98 Å². The van der Waals surface area contributed by atoms with Gasteiger partial charge in [-0.25, -0.2) is 4.98 Å². The third-order valence-corrected chi connectivity index (χ3v) is 9.01. The normalized spacial score (nSPS) is 15.4. The van der Waals surface area contributed by atoms with Crippen molar-refractivity contribution in [2.24, 2.45) is 5.92 Å². The average molecular weight is 553 g/mol. The first kappa shape index (κ1) is 27.5. The molecule has 39 heavy (non-hydrogen) atoms. The van der Waals surface area contributed by atoms with Gasteiger partial charge >= 0.3 is 6.18 Å². The fourth-order valence-electron chi connectivity index (χ4n) is 6.10. The third-order valence-electron chi connectivity index (χ3n) is 8.03. The van der Waals surface area contributed by atoms with Gasteiger partial charge < -0.3 is 9.80 Å². The topological polar surface area (TPSA) is 43.2 Å². The molecule has 1 aromatic heterocycles. The van der Waals surface area contributed by atoms with E-state index in [0.717, 1.165) is 54.5 Å². The first-order valence-corrected chi connectivity index (χ1v) is 14.7. The largest absolute Gasteiger partial charge is 0.416 e. The molecule has 206 valence electrons. The van der Waals surface area contributed by atoms with Crippen molar-refractivity contribution < 1.29 is 13.2 Å². The van der Waals surface area contributed by atoms with Gasteiger partial charge in [0, 0.05) is 42.9 Å². The molecule has 4 nitrogen and oxygen atoms in total. The molecule has 0 aliphatic heterocycles. The van der Waals surface area contributed by atoms with Crippen molar-refractivity contribution in [3.05, 3.63) is 74.8 Å². The van der Waals surface area contributed by atoms with Crippen molar-refractivity contribution in [1.29, 1.82) is 5.26 Å². The maximum Gasteiger partial charge on any atom is 0.416 e. The van der Waals surface area contributed by atoms with Crippen molar-refractivity contribution in [2.75, 3.05) is 22.9 Å². The van der Waals surface area contributed by atoms with E-state index in [1.165, 1.54) is 59.4 Å². The van der Waals surface area contributed by atoms with Crippen molar-refractivity contribution in [3.8, 4) is 6.07 Å². The summed E-state index contributed by atoms with van der Waals surface area (Å²) in [5, 5.41) is 10.2. The molecule has 0 saturated heterocycles. The highest BCUT2D eigenvalue weighted by Gasteiger charge is 2.31. The summed E-state index contributed by atoms with van der Waals surface area (Å²) < 4.78 is 40.9. The first-order valence-electron chi connectivity index (χ1n) is 13.9. The highest BCUT2D eigenvalue weighted by Crippen LogP contribution is 2.36. The minimum atomic E-state index is -4.51. The van der Waals surface area contributed by atoms with Gasteiger partial charge in [-0.05, 0) is 98.4 Å². The van der Waals surface area contributed by atoms with Crippen LogP contribution in [0.3, 0.4) is 0 Å². The Bertz CT molecular complexity index is 1350. The SMILES string of the molecule is CCN(CC1CCCC1)c1cc2c(cc1CN(Cc1cc(C#N)cc(C(F)(F)F)c1)c1ncc(C)s1)CCC2. The number of nitrogens with zero attached hydrogens (tertiary/aromatic N) is 4. The van der Waals surface area contributed by atoms with Crippen molar-refractivity contribution >= 4 is 22.2 Å². The molecular weight excluding hydrogens is 517 g/mol. The standard InChI is InChI=1S/C31H35F3N4S/c1-3-37(18-22-7-4-5-8-22)29-15-26-10-6-9-25(26)14-27(29)20-38(30-36-17-21(2)39-30)19-24-11-23(16-35)12-28(13-24)31(32,33)34/h11-15,17,22H,3-10,18-20H2,1-2H3. The van der Waals surface area contributed by atoms with E-state index in [1.54, 1.807) is 6.07 Å². The molecule has 2 aromatic carbocycles. The number of aryl methyl sites for hydroxylation is 3. The van der Waals surface area contributed by atoms with E-state index in [1.807, 2.05) is 19.2 Å². The van der Waals surface area contributed by atoms with Crippen LogP contribution in [-0.4, -0.2) is 18.1 Å². The Kier molecular flexibility index (Phi) is 8.18. The van der Waals surface area contributed by atoms with E-state index in [0.29, 0.717) is 18.0 Å². The zero-order valence-electron chi connectivity index (χ0n) is 22.7. The summed E-state index contributed by atoms with van der Waals surface area (Å²) in [7, 11) is 0. The highest BCUT2D eigenvalue weighted by atomic mass is 32.1. The molecule has 1 heterocycles. The second-order valence-corrected chi connectivity index (χ2v) is 12.1. The zero-order chi connectivity index (χ0) is 27.6. The second kappa shape index (κ2) is 11.6. The minimum Gasteiger partial charge on any atom is -0.371 e. The molecule has 0 atom stereocenters. The molecule has 2 aliphatic carbocycles. The first-order chi connectivity index (χ1) is 18.7. The van der Waals surface area contributed by atoms with Gasteiger partial charge in [-0.15, -0.1) is 11.3 Å². The fraction of sp³-hybridized carbons (Fsp3) is 0.484. The summed E-state index contributed by atoms with van der Waals surface area (Å²) in [5.41, 5.74) is 4.91. The van der Waals surface area contributed by atoms with Crippen LogP contribution in [0.15, 0.2) is 36.5 Å². The Balaban J connectivity index is 1.52. The average Bonchev–Trinajstić information content (AvgIpc) is 3.68. The molecule has 0 N–H and O–H groups in total. The summed E-state index contributed by atoms with van der Waals surface area (Å²) in [6.07, 6.45) is 5.77. The third kappa shape index (κ3) is 6.41. The Labute approximate surface area is 233 Å². The number of halogens is 3. The number of nitriles is 1. The van der Waals surface area contributed by atoms with Gasteiger partial charge in [0.25, 0.3) is 0 Å². The number of benzene rings is 2. The summed E-state index contributed by atoms with van der Waals surface area (Å²) in [4.78, 5) is 10.2. The Morgan fingerprint density at radius 2 is 1.74 bits per heavy atom. The smallest absolute Gasteiger partial charge is 0.371 e. The fourth-order valence-corrected chi connectivity index (χ4v) is 6.86. The Morgan fingerprint density at radius 1 is 1.00 bits per heavy atom. The molecule has 0 spiro atoms. The van der Waals surface area contributed by atoms with Crippen LogP contribution in [0.4, 0.5) is 24.0 Å². The molecule has 1 saturated carbocycles. The lowest BCUT2D eigenvalue weighted by atomic mass is 10.0. The quantitative estimate of drug-likeness (QED) is 0.269. The number of hydrogen-bond donors (Lipinski definition) is 0.